The van der Waals surface area contributed by atoms with Gasteiger partial charge in [0.05, 0.1) is 0 Å². The van der Waals surface area contributed by atoms with E-state index in [0.717, 1.165) is 25.0 Å². The summed E-state index contributed by atoms with van der Waals surface area (Å²) < 4.78 is 39.0. The minimum absolute atomic E-state index is 0.0995. The van der Waals surface area contributed by atoms with Crippen LogP contribution in [0.4, 0.5) is 29.6 Å². The minimum atomic E-state index is -2.87. The molecule has 10 heteroatoms. The number of aromatic nitrogens is 3. The third-order valence-corrected chi connectivity index (χ3v) is 5.65. The van der Waals surface area contributed by atoms with E-state index in [2.05, 4.69) is 31.2 Å². The fraction of sp³-hybridized carbons (Fsp3) is 0.550. The fourth-order valence-corrected chi connectivity index (χ4v) is 3.87. The van der Waals surface area contributed by atoms with Gasteiger partial charge < -0.3 is 11.1 Å². The van der Waals surface area contributed by atoms with Crippen molar-refractivity contribution in [3.63, 3.8) is 0 Å². The molecule has 0 bridgehead atoms. The van der Waals surface area contributed by atoms with Gasteiger partial charge in [0.2, 0.25) is 0 Å². The van der Waals surface area contributed by atoms with Gasteiger partial charge in [0, 0.05) is 40.5 Å². The number of pyridine rings is 1. The van der Waals surface area contributed by atoms with Crippen molar-refractivity contribution < 1.29 is 23.0 Å². The van der Waals surface area contributed by atoms with E-state index in [1.54, 1.807) is 6.07 Å². The molecule has 4 N–H and O–H groups in total. The first-order valence-electron chi connectivity index (χ1n) is 10.1. The van der Waals surface area contributed by atoms with Gasteiger partial charge >= 0.3 is 6.09 Å². The van der Waals surface area contributed by atoms with Gasteiger partial charge in [-0.3, -0.25) is 10.1 Å². The largest absolute Gasteiger partial charge is 0.442 e. The van der Waals surface area contributed by atoms with Crippen LogP contribution in [0.25, 0.3) is 0 Å². The molecule has 164 valence electrons. The Labute approximate surface area is 172 Å². The molecule has 0 saturated heterocycles. The second-order valence-electron chi connectivity index (χ2n) is 7.85. The summed E-state index contributed by atoms with van der Waals surface area (Å²) in [6.07, 6.45) is 7.71. The van der Waals surface area contributed by atoms with Gasteiger partial charge in [-0.25, -0.2) is 9.74 Å². The summed E-state index contributed by atoms with van der Waals surface area (Å²) in [5, 5.41) is 10.5. The normalized spacial score (nSPS) is 17.0. The Hall–Kier alpha value is -2.78. The maximum absolute atomic E-state index is 14.4. The molecule has 2 aromatic rings. The van der Waals surface area contributed by atoms with Crippen molar-refractivity contribution >= 4 is 17.6 Å². The number of anilines is 2. The lowest BCUT2D eigenvalue weighted by molar-refractivity contribution is -0.0572. The lowest BCUT2D eigenvalue weighted by atomic mass is 9.80. The third kappa shape index (κ3) is 5.87. The molecule has 2 fully saturated rings. The zero-order chi connectivity index (χ0) is 21.6. The number of nitrogens with zero attached hydrogens (tertiary/aromatic N) is 2. The summed E-state index contributed by atoms with van der Waals surface area (Å²) in [4.78, 5) is 15.3. The van der Waals surface area contributed by atoms with Crippen molar-refractivity contribution in [3.05, 3.63) is 35.8 Å². The van der Waals surface area contributed by atoms with Crippen molar-refractivity contribution in [2.75, 3.05) is 5.32 Å². The number of carbonyl (C=O) groups is 1. The molecular weight excluding hydrogens is 399 g/mol. The SMILES string of the molecule is FC(F)(CC1CCC1)c1cc(Nc2cc(C3CCCC3)[nH]n2)ccn1.NC(=O)OF. The monoisotopic (exact) mass is 425 g/mol. The Kier molecular flexibility index (Phi) is 7.17. The molecule has 0 aliphatic heterocycles. The van der Waals surface area contributed by atoms with E-state index in [1.807, 2.05) is 6.07 Å². The Morgan fingerprint density at radius 2 is 1.93 bits per heavy atom. The van der Waals surface area contributed by atoms with E-state index in [-0.39, 0.29) is 18.0 Å². The first-order chi connectivity index (χ1) is 14.4. The molecule has 2 heterocycles. The molecule has 2 aliphatic rings. The molecule has 30 heavy (non-hydrogen) atoms. The molecule has 2 aromatic heterocycles. The van der Waals surface area contributed by atoms with Crippen LogP contribution in [0.5, 0.6) is 0 Å². The van der Waals surface area contributed by atoms with E-state index in [0.29, 0.717) is 17.4 Å². The first-order valence-corrected chi connectivity index (χ1v) is 10.1. The molecule has 0 aromatic carbocycles. The summed E-state index contributed by atoms with van der Waals surface area (Å²) in [6.45, 7) is 0. The highest BCUT2D eigenvalue weighted by Gasteiger charge is 2.38. The van der Waals surface area contributed by atoms with Crippen LogP contribution in [0, 0.1) is 5.92 Å². The van der Waals surface area contributed by atoms with Crippen LogP contribution in [-0.4, -0.2) is 21.3 Å². The van der Waals surface area contributed by atoms with E-state index in [9.17, 15) is 13.3 Å². The summed E-state index contributed by atoms with van der Waals surface area (Å²) in [6, 6.07) is 5.14. The van der Waals surface area contributed by atoms with Crippen LogP contribution in [0.15, 0.2) is 24.4 Å². The van der Waals surface area contributed by atoms with Crippen LogP contribution >= 0.6 is 0 Å². The maximum Gasteiger partial charge on any atom is 0.442 e. The molecule has 0 atom stereocenters. The quantitative estimate of drug-likeness (QED) is 0.570. The van der Waals surface area contributed by atoms with Crippen molar-refractivity contribution in [2.24, 2.45) is 11.7 Å². The zero-order valence-corrected chi connectivity index (χ0v) is 16.5. The van der Waals surface area contributed by atoms with Gasteiger partial charge in [0.25, 0.3) is 5.92 Å². The van der Waals surface area contributed by atoms with Gasteiger partial charge in [-0.2, -0.15) is 13.9 Å². The summed E-state index contributed by atoms with van der Waals surface area (Å²) in [5.74, 6) is -1.53. The number of nitrogens with two attached hydrogens (primary N) is 1. The van der Waals surface area contributed by atoms with Crippen LogP contribution < -0.4 is 11.1 Å². The fourth-order valence-electron chi connectivity index (χ4n) is 3.87. The number of aromatic amines is 1. The Balaban J connectivity index is 0.000000461. The summed E-state index contributed by atoms with van der Waals surface area (Å²) in [5.41, 5.74) is 5.63. The number of primary amides is 1. The Morgan fingerprint density at radius 1 is 1.23 bits per heavy atom. The molecule has 7 nitrogen and oxygen atoms in total. The predicted octanol–water partition coefficient (Wildman–Crippen LogP) is 5.45. The third-order valence-electron chi connectivity index (χ3n) is 5.65. The number of hydrogen-bond donors (Lipinski definition) is 3. The number of hydrogen-bond acceptors (Lipinski definition) is 5. The van der Waals surface area contributed by atoms with Gasteiger partial charge in [0.1, 0.15) is 5.69 Å². The average molecular weight is 425 g/mol. The van der Waals surface area contributed by atoms with Gasteiger partial charge in [-0.1, -0.05) is 32.1 Å². The molecule has 1 amide bonds. The van der Waals surface area contributed by atoms with E-state index in [4.69, 9.17) is 4.79 Å². The van der Waals surface area contributed by atoms with Crippen LogP contribution in [-0.2, 0) is 10.9 Å². The minimum Gasteiger partial charge on any atom is -0.339 e. The van der Waals surface area contributed by atoms with E-state index >= 15 is 0 Å². The number of rotatable bonds is 6. The molecule has 0 unspecified atom stereocenters. The molecule has 4 rings (SSSR count). The summed E-state index contributed by atoms with van der Waals surface area (Å²) >= 11 is 0. The second kappa shape index (κ2) is 9.82. The van der Waals surface area contributed by atoms with Crippen LogP contribution in [0.3, 0.4) is 0 Å². The smallest absolute Gasteiger partial charge is 0.339 e. The van der Waals surface area contributed by atoms with E-state index < -0.39 is 12.0 Å². The number of nitrogens with one attached hydrogen (secondary N) is 2. The van der Waals surface area contributed by atoms with Crippen LogP contribution in [0.2, 0.25) is 0 Å². The molecule has 2 aliphatic carbocycles. The molecular formula is C20H26F3N5O2. The van der Waals surface area contributed by atoms with Crippen molar-refractivity contribution in [1.29, 1.82) is 0 Å². The number of halogens is 3. The number of H-pyrrole nitrogens is 1. The topological polar surface area (TPSA) is 106 Å². The van der Waals surface area contributed by atoms with Crippen molar-refractivity contribution in [3.8, 4) is 0 Å². The highest BCUT2D eigenvalue weighted by Crippen LogP contribution is 2.41. The van der Waals surface area contributed by atoms with E-state index in [1.165, 1.54) is 37.9 Å². The van der Waals surface area contributed by atoms with Gasteiger partial charge in [-0.05, 0) is 30.9 Å². The Bertz CT molecular complexity index is 835. The van der Waals surface area contributed by atoms with Crippen LogP contribution in [0.1, 0.15) is 68.7 Å². The highest BCUT2D eigenvalue weighted by atomic mass is 19.3. The standard InChI is InChI=1S/C19H24F2N4.CH2FNO2/c20-19(21,12-13-4-3-5-13)17-10-15(8-9-22-17)23-18-11-16(24-25-18)14-6-1-2-7-14;2-5-1(3)4/h8-11,13-14H,1-7,12H2,(H2,22,23,24,25);(H2,3,4). The first kappa shape index (κ1) is 21.9. The van der Waals surface area contributed by atoms with Gasteiger partial charge in [0.15, 0.2) is 5.82 Å². The lowest BCUT2D eigenvalue weighted by Crippen LogP contribution is -2.24. The van der Waals surface area contributed by atoms with Crippen molar-refractivity contribution in [1.82, 2.24) is 15.2 Å². The maximum atomic E-state index is 14.4. The number of amides is 1. The van der Waals surface area contributed by atoms with Crippen molar-refractivity contribution in [2.45, 2.75) is 63.2 Å². The molecule has 0 radical (unpaired) electrons. The Morgan fingerprint density at radius 3 is 2.53 bits per heavy atom. The number of carbonyl (C=O) groups excluding carboxylic acids is 1. The molecule has 0 spiro atoms. The lowest BCUT2D eigenvalue weighted by Gasteiger charge is -2.29. The zero-order valence-electron chi connectivity index (χ0n) is 16.5. The predicted molar refractivity (Wildman–Crippen MR) is 105 cm³/mol. The molecule has 2 saturated carbocycles. The summed E-state index contributed by atoms with van der Waals surface area (Å²) in [7, 11) is 0. The average Bonchev–Trinajstić information content (AvgIpc) is 3.37. The second-order valence-corrected chi connectivity index (χ2v) is 7.85. The highest BCUT2D eigenvalue weighted by molar-refractivity contribution is 5.63. The van der Waals surface area contributed by atoms with Gasteiger partial charge in [-0.15, -0.1) is 0 Å². The number of alkyl halides is 2.